The van der Waals surface area contributed by atoms with E-state index in [0.717, 1.165) is 23.3 Å². The lowest BCUT2D eigenvalue weighted by Crippen LogP contribution is -2.38. The number of ether oxygens (including phenoxy) is 2. The van der Waals surface area contributed by atoms with Gasteiger partial charge in [-0.1, -0.05) is 6.58 Å². The van der Waals surface area contributed by atoms with Crippen LogP contribution in [0.1, 0.15) is 13.8 Å². The van der Waals surface area contributed by atoms with E-state index in [-0.39, 0.29) is 0 Å². The van der Waals surface area contributed by atoms with E-state index < -0.39 is 23.0 Å². The first kappa shape index (κ1) is 14.4. The highest BCUT2D eigenvalue weighted by atomic mass is 32.2. The predicted octanol–water partition coefficient (Wildman–Crippen LogP) is 1.84. The molecule has 96 valence electrons. The SMILES string of the molecule is C=CC(=O)OC(C)C(=O)OC1(C)CSCCS1. The topological polar surface area (TPSA) is 52.6 Å². The first-order valence-corrected chi connectivity index (χ1v) is 7.38. The quantitative estimate of drug-likeness (QED) is 0.577. The molecule has 0 aliphatic carbocycles. The zero-order chi connectivity index (χ0) is 12.9. The minimum atomic E-state index is -0.898. The van der Waals surface area contributed by atoms with Gasteiger partial charge in [-0.2, -0.15) is 11.8 Å². The molecule has 1 fully saturated rings. The third-order valence-electron chi connectivity index (χ3n) is 2.11. The minimum absolute atomic E-state index is 0.516. The summed E-state index contributed by atoms with van der Waals surface area (Å²) in [6, 6.07) is 0. The van der Waals surface area contributed by atoms with Crippen molar-refractivity contribution in [3.05, 3.63) is 12.7 Å². The van der Waals surface area contributed by atoms with Crippen molar-refractivity contribution < 1.29 is 19.1 Å². The number of carbonyl (C=O) groups is 2. The van der Waals surface area contributed by atoms with Gasteiger partial charge < -0.3 is 9.47 Å². The molecule has 4 nitrogen and oxygen atoms in total. The summed E-state index contributed by atoms with van der Waals surface area (Å²) in [6.07, 6.45) is 0.126. The molecule has 0 amide bonds. The summed E-state index contributed by atoms with van der Waals surface area (Å²) >= 11 is 3.36. The molecule has 0 bridgehead atoms. The smallest absolute Gasteiger partial charge is 0.348 e. The molecule has 0 spiro atoms. The van der Waals surface area contributed by atoms with Gasteiger partial charge >= 0.3 is 11.9 Å². The molecule has 6 heteroatoms. The van der Waals surface area contributed by atoms with Crippen molar-refractivity contribution in [1.82, 2.24) is 0 Å². The van der Waals surface area contributed by atoms with Gasteiger partial charge in [0.1, 0.15) is 0 Å². The number of esters is 2. The Hall–Kier alpha value is -0.620. The Morgan fingerprint density at radius 2 is 2.18 bits per heavy atom. The van der Waals surface area contributed by atoms with E-state index >= 15 is 0 Å². The van der Waals surface area contributed by atoms with E-state index in [1.54, 1.807) is 23.5 Å². The Labute approximate surface area is 109 Å². The maximum atomic E-state index is 11.7. The Morgan fingerprint density at radius 1 is 1.47 bits per heavy atom. The van der Waals surface area contributed by atoms with E-state index in [0.29, 0.717) is 0 Å². The largest absolute Gasteiger partial charge is 0.447 e. The first-order valence-electron chi connectivity index (χ1n) is 5.24. The van der Waals surface area contributed by atoms with Gasteiger partial charge in [0.05, 0.1) is 0 Å². The van der Waals surface area contributed by atoms with Crippen LogP contribution in [0.3, 0.4) is 0 Å². The van der Waals surface area contributed by atoms with Crippen LogP contribution in [0.25, 0.3) is 0 Å². The zero-order valence-electron chi connectivity index (χ0n) is 9.93. The lowest BCUT2D eigenvalue weighted by molar-refractivity contribution is -0.168. The van der Waals surface area contributed by atoms with Gasteiger partial charge in [0.2, 0.25) is 0 Å². The zero-order valence-corrected chi connectivity index (χ0v) is 11.6. The van der Waals surface area contributed by atoms with Crippen LogP contribution >= 0.6 is 23.5 Å². The minimum Gasteiger partial charge on any atom is -0.447 e. The molecule has 1 rings (SSSR count). The van der Waals surface area contributed by atoms with Crippen molar-refractivity contribution in [1.29, 1.82) is 0 Å². The number of carbonyl (C=O) groups excluding carboxylic acids is 2. The molecule has 1 aliphatic heterocycles. The second-order valence-corrected chi connectivity index (χ2v) is 6.40. The average molecular weight is 276 g/mol. The van der Waals surface area contributed by atoms with Crippen LogP contribution in [0, 0.1) is 0 Å². The number of hydrogen-bond donors (Lipinski definition) is 0. The van der Waals surface area contributed by atoms with E-state index in [1.165, 1.54) is 6.92 Å². The Kier molecular flexibility index (Phi) is 5.39. The molecule has 0 aromatic rings. The average Bonchev–Trinajstić information content (AvgIpc) is 2.29. The molecule has 2 atom stereocenters. The first-order chi connectivity index (χ1) is 7.97. The number of hydrogen-bond acceptors (Lipinski definition) is 6. The van der Waals surface area contributed by atoms with Crippen molar-refractivity contribution >= 4 is 35.5 Å². The van der Waals surface area contributed by atoms with Crippen molar-refractivity contribution in [2.24, 2.45) is 0 Å². The van der Waals surface area contributed by atoms with Crippen LogP contribution in [0.15, 0.2) is 12.7 Å². The van der Waals surface area contributed by atoms with Crippen molar-refractivity contribution in [2.75, 3.05) is 17.3 Å². The summed E-state index contributed by atoms with van der Waals surface area (Å²) in [4.78, 5) is 22.1. The number of thioether (sulfide) groups is 2. The van der Waals surface area contributed by atoms with Gasteiger partial charge in [-0.3, -0.25) is 0 Å². The third kappa shape index (κ3) is 4.63. The third-order valence-corrected chi connectivity index (χ3v) is 5.04. The van der Waals surface area contributed by atoms with E-state index in [1.807, 2.05) is 6.92 Å². The monoisotopic (exact) mass is 276 g/mol. The Morgan fingerprint density at radius 3 is 2.71 bits per heavy atom. The molecule has 0 N–H and O–H groups in total. The number of rotatable bonds is 4. The second kappa shape index (κ2) is 6.35. The van der Waals surface area contributed by atoms with Crippen LogP contribution < -0.4 is 0 Å². The lowest BCUT2D eigenvalue weighted by atomic mass is 10.4. The molecule has 1 saturated heterocycles. The molecule has 0 radical (unpaired) electrons. The summed E-state index contributed by atoms with van der Waals surface area (Å²) in [5.74, 6) is 1.64. The Bertz CT molecular complexity index is 311. The van der Waals surface area contributed by atoms with Crippen molar-refractivity contribution in [3.63, 3.8) is 0 Å². The molecular weight excluding hydrogens is 260 g/mol. The summed E-state index contributed by atoms with van der Waals surface area (Å²) in [5.41, 5.74) is 0. The summed E-state index contributed by atoms with van der Waals surface area (Å²) in [5, 5.41) is 0. The van der Waals surface area contributed by atoms with E-state index in [9.17, 15) is 9.59 Å². The highest BCUT2D eigenvalue weighted by Gasteiger charge is 2.34. The van der Waals surface area contributed by atoms with Crippen molar-refractivity contribution in [3.8, 4) is 0 Å². The summed E-state index contributed by atoms with van der Waals surface area (Å²) in [6.45, 7) is 6.64. The molecule has 1 aliphatic rings. The van der Waals surface area contributed by atoms with Gasteiger partial charge in [-0.05, 0) is 13.8 Å². The molecule has 0 aromatic heterocycles. The van der Waals surface area contributed by atoms with Gasteiger partial charge in [-0.15, -0.1) is 11.8 Å². The predicted molar refractivity (Wildman–Crippen MR) is 70.0 cm³/mol. The van der Waals surface area contributed by atoms with Crippen LogP contribution in [-0.4, -0.2) is 40.2 Å². The van der Waals surface area contributed by atoms with E-state index in [4.69, 9.17) is 9.47 Å². The molecule has 17 heavy (non-hydrogen) atoms. The molecule has 2 unspecified atom stereocenters. The van der Waals surface area contributed by atoms with Crippen molar-refractivity contribution in [2.45, 2.75) is 24.9 Å². The fraction of sp³-hybridized carbons (Fsp3) is 0.636. The summed E-state index contributed by atoms with van der Waals surface area (Å²) in [7, 11) is 0. The van der Waals surface area contributed by atoms with Gasteiger partial charge in [0.25, 0.3) is 0 Å². The van der Waals surface area contributed by atoms with Crippen LogP contribution in [-0.2, 0) is 19.1 Å². The maximum Gasteiger partial charge on any atom is 0.348 e. The van der Waals surface area contributed by atoms with Gasteiger partial charge in [0, 0.05) is 23.3 Å². The standard InChI is InChI=1S/C11H16O4S2/c1-4-9(12)14-8(2)10(13)15-11(3)7-16-5-6-17-11/h4,8H,1,5-7H2,2-3H3. The van der Waals surface area contributed by atoms with Gasteiger partial charge in [0.15, 0.2) is 11.0 Å². The maximum absolute atomic E-state index is 11.7. The van der Waals surface area contributed by atoms with Crippen LogP contribution in [0.2, 0.25) is 0 Å². The fourth-order valence-electron chi connectivity index (χ4n) is 1.24. The van der Waals surface area contributed by atoms with Gasteiger partial charge in [-0.25, -0.2) is 9.59 Å². The highest BCUT2D eigenvalue weighted by molar-refractivity contribution is 8.07. The molecular formula is C11H16O4S2. The Balaban J connectivity index is 2.47. The molecule has 1 heterocycles. The van der Waals surface area contributed by atoms with E-state index in [2.05, 4.69) is 6.58 Å². The highest BCUT2D eigenvalue weighted by Crippen LogP contribution is 2.35. The summed E-state index contributed by atoms with van der Waals surface area (Å²) < 4.78 is 10.2. The van der Waals surface area contributed by atoms with Crippen LogP contribution in [0.4, 0.5) is 0 Å². The van der Waals surface area contributed by atoms with Crippen LogP contribution in [0.5, 0.6) is 0 Å². The fourth-order valence-corrected chi connectivity index (χ4v) is 3.78. The molecule has 0 aromatic carbocycles. The lowest BCUT2D eigenvalue weighted by Gasteiger charge is -2.32. The normalized spacial score (nSPS) is 25.8. The second-order valence-electron chi connectivity index (χ2n) is 3.74. The molecule has 0 saturated carbocycles.